The van der Waals surface area contributed by atoms with Gasteiger partial charge in [0.25, 0.3) is 0 Å². The van der Waals surface area contributed by atoms with Crippen molar-refractivity contribution < 1.29 is 24.2 Å². The molecule has 2 aromatic carbocycles. The van der Waals surface area contributed by atoms with E-state index < -0.39 is 18.1 Å². The van der Waals surface area contributed by atoms with Crippen LogP contribution in [0.15, 0.2) is 48.5 Å². The van der Waals surface area contributed by atoms with Crippen LogP contribution in [0.1, 0.15) is 56.6 Å². The standard InChI is InChI=1S/C28H34N2O5/c1-3-30(18(2)27(32)33)26(31)20-11-5-4-10-19(20)16-29-28(34)35-17-25-23-14-8-6-12-21(23)22-13-7-9-15-24(22)25/h6-9,12-15,18-20,25H,3-5,10-11,16-17H2,1-2H3,(H,29,34)(H,32,33). The molecule has 0 spiro atoms. The van der Waals surface area contributed by atoms with Gasteiger partial charge in [-0.1, -0.05) is 61.4 Å². The molecule has 0 heterocycles. The predicted octanol–water partition coefficient (Wildman–Crippen LogP) is 4.65. The van der Waals surface area contributed by atoms with E-state index in [1.54, 1.807) is 6.92 Å². The second-order valence-corrected chi connectivity index (χ2v) is 9.50. The maximum atomic E-state index is 13.2. The van der Waals surface area contributed by atoms with Gasteiger partial charge in [0.2, 0.25) is 5.91 Å². The van der Waals surface area contributed by atoms with Crippen LogP contribution in [0.25, 0.3) is 11.1 Å². The summed E-state index contributed by atoms with van der Waals surface area (Å²) < 4.78 is 5.64. The van der Waals surface area contributed by atoms with E-state index in [0.717, 1.165) is 30.4 Å². The Bertz CT molecular complexity index is 1040. The first kappa shape index (κ1) is 24.8. The molecule has 0 aliphatic heterocycles. The van der Waals surface area contributed by atoms with E-state index >= 15 is 0 Å². The SMILES string of the molecule is CCN(C(=O)C1CCCCC1CNC(=O)OCC1c2ccccc2-c2ccccc21)C(C)C(=O)O. The van der Waals surface area contributed by atoms with Crippen LogP contribution in [-0.4, -0.2) is 53.7 Å². The average Bonchev–Trinajstić information content (AvgIpc) is 3.20. The number of hydrogen-bond acceptors (Lipinski definition) is 4. The number of likely N-dealkylation sites (N-methyl/N-ethyl adjacent to an activating group) is 1. The monoisotopic (exact) mass is 478 g/mol. The molecule has 2 aliphatic rings. The quantitative estimate of drug-likeness (QED) is 0.576. The van der Waals surface area contributed by atoms with Gasteiger partial charge in [-0.2, -0.15) is 0 Å². The number of carboxylic acid groups (broad SMARTS) is 1. The summed E-state index contributed by atoms with van der Waals surface area (Å²) in [6, 6.07) is 15.5. The first-order chi connectivity index (χ1) is 16.9. The number of carbonyl (C=O) groups excluding carboxylic acids is 2. The van der Waals surface area contributed by atoms with Crippen molar-refractivity contribution in [2.24, 2.45) is 11.8 Å². The van der Waals surface area contributed by atoms with Crippen LogP contribution in [0.4, 0.5) is 4.79 Å². The molecule has 0 bridgehead atoms. The number of nitrogens with zero attached hydrogens (tertiary/aromatic N) is 1. The smallest absolute Gasteiger partial charge is 0.407 e. The Kier molecular flexibility index (Phi) is 7.73. The third-order valence-electron chi connectivity index (χ3n) is 7.53. The summed E-state index contributed by atoms with van der Waals surface area (Å²) in [7, 11) is 0. The van der Waals surface area contributed by atoms with Crippen molar-refractivity contribution in [3.05, 3.63) is 59.7 Å². The topological polar surface area (TPSA) is 95.9 Å². The number of alkyl carbamates (subject to hydrolysis) is 1. The normalized spacial score (nSPS) is 19.8. The Hall–Kier alpha value is -3.35. The summed E-state index contributed by atoms with van der Waals surface area (Å²) in [6.07, 6.45) is 2.95. The lowest BCUT2D eigenvalue weighted by atomic mass is 9.78. The molecule has 4 rings (SSSR count). The minimum absolute atomic E-state index is 0.00669. The molecule has 35 heavy (non-hydrogen) atoms. The van der Waals surface area contributed by atoms with E-state index in [4.69, 9.17) is 4.74 Å². The second-order valence-electron chi connectivity index (χ2n) is 9.50. The molecular weight excluding hydrogens is 444 g/mol. The maximum absolute atomic E-state index is 13.2. The molecule has 2 N–H and O–H groups in total. The van der Waals surface area contributed by atoms with Crippen molar-refractivity contribution >= 4 is 18.0 Å². The lowest BCUT2D eigenvalue weighted by Crippen LogP contribution is -2.49. The summed E-state index contributed by atoms with van der Waals surface area (Å²) >= 11 is 0. The van der Waals surface area contributed by atoms with E-state index in [9.17, 15) is 19.5 Å². The van der Waals surface area contributed by atoms with E-state index in [1.807, 2.05) is 24.3 Å². The number of aliphatic carboxylic acids is 1. The zero-order valence-electron chi connectivity index (χ0n) is 20.4. The highest BCUT2D eigenvalue weighted by atomic mass is 16.5. The van der Waals surface area contributed by atoms with Gasteiger partial charge in [-0.05, 0) is 54.9 Å². The highest BCUT2D eigenvalue weighted by Gasteiger charge is 2.36. The highest BCUT2D eigenvalue weighted by molar-refractivity contribution is 5.85. The highest BCUT2D eigenvalue weighted by Crippen LogP contribution is 2.44. The van der Waals surface area contributed by atoms with Crippen molar-refractivity contribution in [3.8, 4) is 11.1 Å². The Morgan fingerprint density at radius 2 is 1.63 bits per heavy atom. The Labute approximate surface area is 206 Å². The molecule has 2 aliphatic carbocycles. The number of rotatable bonds is 8. The van der Waals surface area contributed by atoms with Gasteiger partial charge in [-0.25, -0.2) is 9.59 Å². The van der Waals surface area contributed by atoms with Crippen LogP contribution >= 0.6 is 0 Å². The van der Waals surface area contributed by atoms with Crippen LogP contribution in [0.5, 0.6) is 0 Å². The minimum atomic E-state index is -1.01. The zero-order chi connectivity index (χ0) is 24.9. The van der Waals surface area contributed by atoms with Crippen LogP contribution < -0.4 is 5.32 Å². The number of amides is 2. The summed E-state index contributed by atoms with van der Waals surface area (Å²) in [5.41, 5.74) is 4.67. The molecule has 7 nitrogen and oxygen atoms in total. The third-order valence-corrected chi connectivity index (χ3v) is 7.53. The van der Waals surface area contributed by atoms with Crippen molar-refractivity contribution in [1.82, 2.24) is 10.2 Å². The second kappa shape index (κ2) is 10.9. The summed E-state index contributed by atoms with van der Waals surface area (Å²) in [5.74, 6) is -1.48. The molecule has 3 unspecified atom stereocenters. The molecule has 0 radical (unpaired) electrons. The molecule has 2 aromatic rings. The van der Waals surface area contributed by atoms with Crippen LogP contribution in [-0.2, 0) is 14.3 Å². The summed E-state index contributed by atoms with van der Waals surface area (Å²) in [6.45, 7) is 4.26. The largest absolute Gasteiger partial charge is 0.480 e. The van der Waals surface area contributed by atoms with Crippen molar-refractivity contribution in [2.45, 2.75) is 51.5 Å². The van der Waals surface area contributed by atoms with Crippen LogP contribution in [0.2, 0.25) is 0 Å². The van der Waals surface area contributed by atoms with E-state index in [0.29, 0.717) is 19.5 Å². The Morgan fingerprint density at radius 1 is 1.03 bits per heavy atom. The number of nitrogens with one attached hydrogen (secondary N) is 1. The molecule has 1 fully saturated rings. The molecular formula is C28H34N2O5. The molecule has 186 valence electrons. The van der Waals surface area contributed by atoms with Gasteiger partial charge in [0.15, 0.2) is 0 Å². The van der Waals surface area contributed by atoms with Gasteiger partial charge in [0, 0.05) is 24.9 Å². The maximum Gasteiger partial charge on any atom is 0.407 e. The number of hydrogen-bond donors (Lipinski definition) is 2. The van der Waals surface area contributed by atoms with E-state index in [1.165, 1.54) is 23.0 Å². The van der Waals surface area contributed by atoms with Gasteiger partial charge in [-0.3, -0.25) is 4.79 Å². The zero-order valence-corrected chi connectivity index (χ0v) is 20.4. The number of benzene rings is 2. The van der Waals surface area contributed by atoms with Gasteiger partial charge in [-0.15, -0.1) is 0 Å². The van der Waals surface area contributed by atoms with Gasteiger partial charge >= 0.3 is 12.1 Å². The van der Waals surface area contributed by atoms with E-state index in [2.05, 4.69) is 29.6 Å². The lowest BCUT2D eigenvalue weighted by molar-refractivity contribution is -0.152. The van der Waals surface area contributed by atoms with Crippen molar-refractivity contribution in [2.75, 3.05) is 19.7 Å². The fraction of sp³-hybridized carbons (Fsp3) is 0.464. The molecule has 1 saturated carbocycles. The Balaban J connectivity index is 1.36. The first-order valence-corrected chi connectivity index (χ1v) is 12.5. The molecule has 0 saturated heterocycles. The fourth-order valence-electron chi connectivity index (χ4n) is 5.61. The van der Waals surface area contributed by atoms with Crippen molar-refractivity contribution in [3.63, 3.8) is 0 Å². The molecule has 0 aromatic heterocycles. The predicted molar refractivity (Wildman–Crippen MR) is 133 cm³/mol. The minimum Gasteiger partial charge on any atom is -0.480 e. The Morgan fingerprint density at radius 3 is 2.23 bits per heavy atom. The third kappa shape index (κ3) is 5.19. The van der Waals surface area contributed by atoms with E-state index in [-0.39, 0.29) is 30.3 Å². The van der Waals surface area contributed by atoms with Crippen LogP contribution in [0, 0.1) is 11.8 Å². The van der Waals surface area contributed by atoms with Gasteiger partial charge < -0.3 is 20.1 Å². The molecule has 3 atom stereocenters. The lowest BCUT2D eigenvalue weighted by Gasteiger charge is -2.35. The van der Waals surface area contributed by atoms with Crippen molar-refractivity contribution in [1.29, 1.82) is 0 Å². The fourth-order valence-corrected chi connectivity index (χ4v) is 5.61. The number of ether oxygens (including phenoxy) is 1. The molecule has 2 amide bonds. The number of fused-ring (bicyclic) bond motifs is 3. The number of carbonyl (C=O) groups is 3. The first-order valence-electron chi connectivity index (χ1n) is 12.5. The van der Waals surface area contributed by atoms with Crippen LogP contribution in [0.3, 0.4) is 0 Å². The number of carboxylic acids is 1. The average molecular weight is 479 g/mol. The van der Waals surface area contributed by atoms with Gasteiger partial charge in [0.1, 0.15) is 12.6 Å². The van der Waals surface area contributed by atoms with Gasteiger partial charge in [0.05, 0.1) is 0 Å². The summed E-state index contributed by atoms with van der Waals surface area (Å²) in [4.78, 5) is 38.7. The molecule has 7 heteroatoms. The summed E-state index contributed by atoms with van der Waals surface area (Å²) in [5, 5.41) is 12.2.